The van der Waals surface area contributed by atoms with Crippen molar-refractivity contribution in [3.05, 3.63) is 18.0 Å². The Bertz CT molecular complexity index is 584. The predicted octanol–water partition coefficient (Wildman–Crippen LogP) is 1.67. The fourth-order valence-corrected chi connectivity index (χ4v) is 2.72. The van der Waals surface area contributed by atoms with E-state index in [1.807, 2.05) is 26.8 Å². The maximum absolute atomic E-state index is 12.2. The Hall–Kier alpha value is -1.52. The molecule has 1 aromatic heterocycles. The van der Waals surface area contributed by atoms with E-state index in [-0.39, 0.29) is 36.1 Å². The van der Waals surface area contributed by atoms with E-state index >= 15 is 0 Å². The number of hydrogen-bond acceptors (Lipinski definition) is 7. The number of aliphatic imine (C=N–C) groups is 1. The van der Waals surface area contributed by atoms with Crippen molar-refractivity contribution in [1.82, 2.24) is 20.3 Å². The minimum atomic E-state index is -0.468. The average molecular weight is 449 g/mol. The molecule has 1 unspecified atom stereocenters. The summed E-state index contributed by atoms with van der Waals surface area (Å²) in [6.45, 7) is 8.91. The van der Waals surface area contributed by atoms with E-state index in [1.165, 1.54) is 0 Å². The molecule has 1 N–H and O–H groups in total. The summed E-state index contributed by atoms with van der Waals surface area (Å²) in [5.41, 5.74) is 0.369. The molecule has 24 heavy (non-hydrogen) atoms. The number of guanidine groups is 1. The van der Waals surface area contributed by atoms with Gasteiger partial charge in [-0.1, -0.05) is 5.16 Å². The molecule has 0 spiro atoms. The molecular weight excluding hydrogens is 425 g/mol. The summed E-state index contributed by atoms with van der Waals surface area (Å²) in [6, 6.07) is 2.02. The SMILES string of the molecule is CC(C)(C)OC(=O)N1CCN2C(NCc3ccon3)=NCC2C1.I. The molecule has 0 saturated carbocycles. The van der Waals surface area contributed by atoms with Crippen LogP contribution in [-0.4, -0.2) is 64.8 Å². The van der Waals surface area contributed by atoms with Gasteiger partial charge in [0, 0.05) is 25.7 Å². The normalized spacial score (nSPS) is 20.1. The molecule has 1 fully saturated rings. The van der Waals surface area contributed by atoms with Gasteiger partial charge >= 0.3 is 6.09 Å². The van der Waals surface area contributed by atoms with Crippen molar-refractivity contribution in [2.24, 2.45) is 4.99 Å². The smallest absolute Gasteiger partial charge is 0.410 e. The molecule has 9 heteroatoms. The highest BCUT2D eigenvalue weighted by Crippen LogP contribution is 2.18. The Labute approximate surface area is 158 Å². The van der Waals surface area contributed by atoms with Crippen molar-refractivity contribution in [3.63, 3.8) is 0 Å². The predicted molar refractivity (Wildman–Crippen MR) is 99.4 cm³/mol. The van der Waals surface area contributed by atoms with Crippen LogP contribution in [0.5, 0.6) is 0 Å². The number of piperazine rings is 1. The van der Waals surface area contributed by atoms with E-state index < -0.39 is 5.60 Å². The van der Waals surface area contributed by atoms with Gasteiger partial charge in [0.05, 0.1) is 19.1 Å². The lowest BCUT2D eigenvalue weighted by Crippen LogP contribution is -2.57. The second-order valence-corrected chi connectivity index (χ2v) is 6.78. The summed E-state index contributed by atoms with van der Waals surface area (Å²) in [5.74, 6) is 0.863. The highest BCUT2D eigenvalue weighted by atomic mass is 127. The Morgan fingerprint density at radius 1 is 1.46 bits per heavy atom. The number of hydrogen-bond donors (Lipinski definition) is 1. The van der Waals surface area contributed by atoms with Crippen molar-refractivity contribution in [2.75, 3.05) is 26.2 Å². The molecule has 1 amide bonds. The molecule has 0 bridgehead atoms. The first-order valence-electron chi connectivity index (χ1n) is 7.84. The summed E-state index contributed by atoms with van der Waals surface area (Å²) in [4.78, 5) is 20.7. The number of carbonyl (C=O) groups excluding carboxylic acids is 1. The van der Waals surface area contributed by atoms with Gasteiger partial charge in [-0.2, -0.15) is 0 Å². The minimum absolute atomic E-state index is 0. The number of halogens is 1. The van der Waals surface area contributed by atoms with Crippen LogP contribution in [0, 0.1) is 0 Å². The van der Waals surface area contributed by atoms with Gasteiger partial charge in [-0.05, 0) is 20.8 Å². The molecule has 3 heterocycles. The van der Waals surface area contributed by atoms with Gasteiger partial charge in [0.1, 0.15) is 17.6 Å². The van der Waals surface area contributed by atoms with E-state index in [0.717, 1.165) is 18.2 Å². The third-order valence-electron chi connectivity index (χ3n) is 3.78. The number of fused-ring (bicyclic) bond motifs is 1. The van der Waals surface area contributed by atoms with Crippen LogP contribution in [0.3, 0.4) is 0 Å². The Kier molecular flexibility index (Phi) is 5.94. The lowest BCUT2D eigenvalue weighted by atomic mass is 10.2. The van der Waals surface area contributed by atoms with Gasteiger partial charge < -0.3 is 24.4 Å². The van der Waals surface area contributed by atoms with Crippen LogP contribution in [0.2, 0.25) is 0 Å². The number of amides is 1. The molecule has 1 saturated heterocycles. The zero-order valence-corrected chi connectivity index (χ0v) is 16.5. The average Bonchev–Trinajstić information content (AvgIpc) is 3.12. The topological polar surface area (TPSA) is 83.2 Å². The first-order valence-corrected chi connectivity index (χ1v) is 7.84. The number of nitrogens with one attached hydrogen (secondary N) is 1. The quantitative estimate of drug-likeness (QED) is 0.692. The highest BCUT2D eigenvalue weighted by Gasteiger charge is 2.36. The van der Waals surface area contributed by atoms with Crippen LogP contribution in [0.25, 0.3) is 0 Å². The summed E-state index contributed by atoms with van der Waals surface area (Å²) < 4.78 is 10.3. The zero-order chi connectivity index (χ0) is 16.4. The summed E-state index contributed by atoms with van der Waals surface area (Å²) in [5, 5.41) is 7.15. The first kappa shape index (κ1) is 18.8. The Morgan fingerprint density at radius 2 is 2.25 bits per heavy atom. The second kappa shape index (κ2) is 7.58. The molecule has 0 radical (unpaired) electrons. The van der Waals surface area contributed by atoms with Gasteiger partial charge in [-0.15, -0.1) is 24.0 Å². The number of rotatable bonds is 2. The van der Waals surface area contributed by atoms with Crippen molar-refractivity contribution in [3.8, 4) is 0 Å². The van der Waals surface area contributed by atoms with Crippen molar-refractivity contribution >= 4 is 36.0 Å². The molecule has 2 aliphatic heterocycles. The third kappa shape index (κ3) is 4.52. The molecular formula is C15H24IN5O3. The van der Waals surface area contributed by atoms with Crippen LogP contribution in [0.15, 0.2) is 21.8 Å². The van der Waals surface area contributed by atoms with Crippen molar-refractivity contribution in [2.45, 2.75) is 39.0 Å². The van der Waals surface area contributed by atoms with Gasteiger partial charge in [0.2, 0.25) is 0 Å². The second-order valence-electron chi connectivity index (χ2n) is 6.78. The molecule has 3 rings (SSSR count). The fraction of sp³-hybridized carbons (Fsp3) is 0.667. The van der Waals surface area contributed by atoms with E-state index in [1.54, 1.807) is 11.2 Å². The number of nitrogens with zero attached hydrogens (tertiary/aromatic N) is 4. The fourth-order valence-electron chi connectivity index (χ4n) is 2.72. The van der Waals surface area contributed by atoms with Gasteiger partial charge in [-0.25, -0.2) is 4.79 Å². The number of ether oxygens (including phenoxy) is 1. The van der Waals surface area contributed by atoms with E-state index in [9.17, 15) is 4.79 Å². The molecule has 1 aromatic rings. The molecule has 1 atom stereocenters. The Balaban J connectivity index is 0.00000208. The third-order valence-corrected chi connectivity index (χ3v) is 3.78. The van der Waals surface area contributed by atoms with Crippen molar-refractivity contribution in [1.29, 1.82) is 0 Å². The minimum Gasteiger partial charge on any atom is -0.444 e. The van der Waals surface area contributed by atoms with Gasteiger partial charge in [0.25, 0.3) is 0 Å². The Morgan fingerprint density at radius 3 is 2.92 bits per heavy atom. The molecule has 2 aliphatic rings. The molecule has 0 aromatic carbocycles. The maximum atomic E-state index is 12.2. The monoisotopic (exact) mass is 449 g/mol. The number of aromatic nitrogens is 1. The lowest BCUT2D eigenvalue weighted by Gasteiger charge is -2.39. The lowest BCUT2D eigenvalue weighted by molar-refractivity contribution is 0.0137. The van der Waals surface area contributed by atoms with Crippen LogP contribution in [0.4, 0.5) is 4.79 Å². The van der Waals surface area contributed by atoms with E-state index in [0.29, 0.717) is 26.2 Å². The summed E-state index contributed by atoms with van der Waals surface area (Å²) >= 11 is 0. The van der Waals surface area contributed by atoms with Crippen molar-refractivity contribution < 1.29 is 14.1 Å². The molecule has 8 nitrogen and oxygen atoms in total. The van der Waals surface area contributed by atoms with Gasteiger partial charge in [-0.3, -0.25) is 4.99 Å². The van der Waals surface area contributed by atoms with Crippen LogP contribution < -0.4 is 5.32 Å². The standard InChI is InChI=1S/C15H23N5O3.HI/c1-15(2,3)23-14(21)19-5-6-20-12(10-19)9-17-13(20)16-8-11-4-7-22-18-11;/h4,7,12H,5-6,8-10H2,1-3H3,(H,16,17);1H. The van der Waals surface area contributed by atoms with E-state index in [2.05, 4.69) is 20.4 Å². The van der Waals surface area contributed by atoms with Crippen LogP contribution >= 0.6 is 24.0 Å². The molecule has 134 valence electrons. The summed E-state index contributed by atoms with van der Waals surface area (Å²) in [6.07, 6.45) is 1.30. The maximum Gasteiger partial charge on any atom is 0.410 e. The largest absolute Gasteiger partial charge is 0.444 e. The molecule has 0 aliphatic carbocycles. The van der Waals surface area contributed by atoms with Gasteiger partial charge in [0.15, 0.2) is 5.96 Å². The van der Waals surface area contributed by atoms with Crippen LogP contribution in [-0.2, 0) is 11.3 Å². The first-order chi connectivity index (χ1) is 10.9. The number of carbonyl (C=O) groups is 1. The zero-order valence-electron chi connectivity index (χ0n) is 14.2. The summed E-state index contributed by atoms with van der Waals surface area (Å²) in [7, 11) is 0. The van der Waals surface area contributed by atoms with E-state index in [4.69, 9.17) is 9.26 Å². The van der Waals surface area contributed by atoms with Crippen LogP contribution in [0.1, 0.15) is 26.5 Å². The highest BCUT2D eigenvalue weighted by molar-refractivity contribution is 14.0.